The summed E-state index contributed by atoms with van der Waals surface area (Å²) in [6, 6.07) is 18.0. The third kappa shape index (κ3) is 2.89. The molecule has 2 N–H and O–H groups in total. The normalized spacial score (nSPS) is 11.6. The van der Waals surface area contributed by atoms with Crippen LogP contribution in [0.1, 0.15) is 6.92 Å². The maximum Gasteiger partial charge on any atom is 0.269 e. The summed E-state index contributed by atoms with van der Waals surface area (Å²) in [7, 11) is 0. The monoisotopic (exact) mass is 359 g/mol. The molecule has 0 unspecified atom stereocenters. The van der Waals surface area contributed by atoms with Crippen LogP contribution in [0.4, 0.5) is 22.7 Å². The van der Waals surface area contributed by atoms with Crippen molar-refractivity contribution >= 4 is 44.6 Å². The number of para-hydroxylation sites is 1. The number of aromatic nitrogens is 1. The molecule has 4 rings (SSSR count). The molecule has 0 aliphatic carbocycles. The highest BCUT2D eigenvalue weighted by Gasteiger charge is 2.12. The van der Waals surface area contributed by atoms with E-state index in [-0.39, 0.29) is 5.69 Å². The molecule has 1 aromatic heterocycles. The van der Waals surface area contributed by atoms with E-state index in [1.165, 1.54) is 12.1 Å². The van der Waals surface area contributed by atoms with Crippen molar-refractivity contribution in [1.29, 1.82) is 0 Å². The first-order valence-corrected chi connectivity index (χ1v) is 8.55. The largest absolute Gasteiger partial charge is 0.397 e. The molecule has 0 aliphatic rings. The van der Waals surface area contributed by atoms with E-state index in [0.29, 0.717) is 17.1 Å². The maximum absolute atomic E-state index is 10.7. The molecule has 0 saturated carbocycles. The van der Waals surface area contributed by atoms with Gasteiger partial charge in [0.2, 0.25) is 0 Å². The maximum atomic E-state index is 10.7. The summed E-state index contributed by atoms with van der Waals surface area (Å²) >= 11 is 0. The summed E-state index contributed by atoms with van der Waals surface area (Å²) in [5, 5.41) is 21.4. The van der Waals surface area contributed by atoms with Crippen molar-refractivity contribution in [2.45, 2.75) is 13.5 Å². The molecule has 7 heteroatoms. The molecule has 0 amide bonds. The van der Waals surface area contributed by atoms with Crippen molar-refractivity contribution in [2.24, 2.45) is 10.2 Å². The lowest BCUT2D eigenvalue weighted by Gasteiger charge is -2.05. The molecule has 4 aromatic rings. The Morgan fingerprint density at radius 2 is 1.74 bits per heavy atom. The second kappa shape index (κ2) is 6.53. The highest BCUT2D eigenvalue weighted by atomic mass is 16.6. The van der Waals surface area contributed by atoms with Gasteiger partial charge in [0, 0.05) is 35.0 Å². The summed E-state index contributed by atoms with van der Waals surface area (Å²) in [6.45, 7) is 2.92. The highest BCUT2D eigenvalue weighted by molar-refractivity contribution is 6.10. The Hall–Kier alpha value is -3.74. The number of nitro benzene ring substituents is 1. The van der Waals surface area contributed by atoms with Crippen LogP contribution in [-0.4, -0.2) is 9.49 Å². The fourth-order valence-electron chi connectivity index (χ4n) is 3.28. The fourth-order valence-corrected chi connectivity index (χ4v) is 3.28. The van der Waals surface area contributed by atoms with Gasteiger partial charge < -0.3 is 10.3 Å². The van der Waals surface area contributed by atoms with Crippen LogP contribution in [0.3, 0.4) is 0 Å². The number of benzene rings is 3. The van der Waals surface area contributed by atoms with Crippen molar-refractivity contribution in [1.82, 2.24) is 4.57 Å². The number of aryl methyl sites for hydroxylation is 1. The Kier molecular flexibility index (Phi) is 4.04. The third-order valence-electron chi connectivity index (χ3n) is 4.57. The molecule has 0 radical (unpaired) electrons. The SMILES string of the molecule is CCn1c2ccccc2c2cc(N)c(N=Nc3ccc([N+](=O)[O-])cc3)cc21. The van der Waals surface area contributed by atoms with Crippen LogP contribution < -0.4 is 5.73 Å². The van der Waals surface area contributed by atoms with E-state index in [0.717, 1.165) is 28.4 Å². The van der Waals surface area contributed by atoms with Crippen molar-refractivity contribution in [3.8, 4) is 0 Å². The number of non-ortho nitro benzene ring substituents is 1. The van der Waals surface area contributed by atoms with E-state index in [1.54, 1.807) is 12.1 Å². The van der Waals surface area contributed by atoms with E-state index >= 15 is 0 Å². The Balaban J connectivity index is 1.79. The molecule has 3 aromatic carbocycles. The minimum absolute atomic E-state index is 0.0161. The van der Waals surface area contributed by atoms with Crippen LogP contribution in [0.15, 0.2) is 70.9 Å². The van der Waals surface area contributed by atoms with Gasteiger partial charge in [0.1, 0.15) is 5.69 Å². The summed E-state index contributed by atoms with van der Waals surface area (Å²) in [6.07, 6.45) is 0. The lowest BCUT2D eigenvalue weighted by atomic mass is 10.1. The number of nitrogens with two attached hydrogens (primary N) is 1. The van der Waals surface area contributed by atoms with E-state index in [9.17, 15) is 10.1 Å². The highest BCUT2D eigenvalue weighted by Crippen LogP contribution is 2.36. The lowest BCUT2D eigenvalue weighted by Crippen LogP contribution is -1.93. The second-order valence-electron chi connectivity index (χ2n) is 6.16. The molecule has 27 heavy (non-hydrogen) atoms. The Morgan fingerprint density at radius 3 is 2.44 bits per heavy atom. The molecule has 0 bridgehead atoms. The van der Waals surface area contributed by atoms with Gasteiger partial charge in [-0.2, -0.15) is 5.11 Å². The molecule has 134 valence electrons. The standard InChI is InChI=1S/C20H17N5O2/c1-2-24-19-6-4-3-5-15(19)16-11-17(21)18(12-20(16)24)23-22-13-7-9-14(10-8-13)25(26)27/h3-12H,2,21H2,1H3. The van der Waals surface area contributed by atoms with Crippen LogP contribution in [-0.2, 0) is 6.54 Å². The van der Waals surface area contributed by atoms with Gasteiger partial charge in [-0.05, 0) is 37.3 Å². The molecular formula is C20H17N5O2. The van der Waals surface area contributed by atoms with Crippen molar-refractivity contribution < 1.29 is 4.92 Å². The predicted octanol–water partition coefficient (Wildman–Crippen LogP) is 5.72. The average Bonchev–Trinajstić information content (AvgIpc) is 2.99. The minimum Gasteiger partial charge on any atom is -0.397 e. The van der Waals surface area contributed by atoms with E-state index in [1.807, 2.05) is 24.3 Å². The molecular weight excluding hydrogens is 342 g/mol. The number of hydrogen-bond donors (Lipinski definition) is 1. The van der Waals surface area contributed by atoms with Crippen LogP contribution in [0.25, 0.3) is 21.8 Å². The van der Waals surface area contributed by atoms with Gasteiger partial charge in [0.05, 0.1) is 21.8 Å². The zero-order chi connectivity index (χ0) is 19.0. The van der Waals surface area contributed by atoms with Crippen LogP contribution in [0, 0.1) is 10.1 Å². The number of nitrogens with zero attached hydrogens (tertiary/aromatic N) is 4. The van der Waals surface area contributed by atoms with Gasteiger partial charge in [-0.15, -0.1) is 5.11 Å². The van der Waals surface area contributed by atoms with Crippen LogP contribution in [0.5, 0.6) is 0 Å². The van der Waals surface area contributed by atoms with Gasteiger partial charge in [0.15, 0.2) is 0 Å². The minimum atomic E-state index is -0.448. The molecule has 1 heterocycles. The van der Waals surface area contributed by atoms with Crippen molar-refractivity contribution in [3.05, 3.63) is 70.8 Å². The average molecular weight is 359 g/mol. The summed E-state index contributed by atoms with van der Waals surface area (Å²) < 4.78 is 2.22. The molecule has 0 fully saturated rings. The number of fused-ring (bicyclic) bond motifs is 3. The smallest absolute Gasteiger partial charge is 0.269 e. The Bertz CT molecular complexity index is 1190. The third-order valence-corrected chi connectivity index (χ3v) is 4.57. The van der Waals surface area contributed by atoms with Crippen molar-refractivity contribution in [3.63, 3.8) is 0 Å². The van der Waals surface area contributed by atoms with E-state index in [4.69, 9.17) is 5.73 Å². The number of nitro groups is 1. The predicted molar refractivity (Wildman–Crippen MR) is 107 cm³/mol. The van der Waals surface area contributed by atoms with E-state index < -0.39 is 4.92 Å². The second-order valence-corrected chi connectivity index (χ2v) is 6.16. The number of rotatable bonds is 4. The van der Waals surface area contributed by atoms with Gasteiger partial charge in [-0.1, -0.05) is 18.2 Å². The molecule has 0 aliphatic heterocycles. The van der Waals surface area contributed by atoms with Gasteiger partial charge in [-0.25, -0.2) is 0 Å². The number of anilines is 1. The van der Waals surface area contributed by atoms with E-state index in [2.05, 4.69) is 33.9 Å². The van der Waals surface area contributed by atoms with Gasteiger partial charge >= 0.3 is 0 Å². The molecule has 0 atom stereocenters. The molecule has 0 saturated heterocycles. The van der Waals surface area contributed by atoms with Crippen LogP contribution >= 0.6 is 0 Å². The topological polar surface area (TPSA) is 98.8 Å². The lowest BCUT2D eigenvalue weighted by molar-refractivity contribution is -0.384. The van der Waals surface area contributed by atoms with Gasteiger partial charge in [-0.3, -0.25) is 10.1 Å². The zero-order valence-corrected chi connectivity index (χ0v) is 14.7. The summed E-state index contributed by atoms with van der Waals surface area (Å²) in [4.78, 5) is 10.3. The first-order chi connectivity index (χ1) is 13.1. The molecule has 0 spiro atoms. The fraction of sp³-hybridized carbons (Fsp3) is 0.100. The number of hydrogen-bond acceptors (Lipinski definition) is 5. The number of azo groups is 1. The van der Waals surface area contributed by atoms with Crippen LogP contribution in [0.2, 0.25) is 0 Å². The Morgan fingerprint density at radius 1 is 1.00 bits per heavy atom. The first-order valence-electron chi connectivity index (χ1n) is 8.55. The summed E-state index contributed by atoms with van der Waals surface area (Å²) in [5.74, 6) is 0. The quantitative estimate of drug-likeness (QED) is 0.218. The van der Waals surface area contributed by atoms with Crippen molar-refractivity contribution in [2.75, 3.05) is 5.73 Å². The molecule has 7 nitrogen and oxygen atoms in total. The Labute approximate surface area is 154 Å². The summed E-state index contributed by atoms with van der Waals surface area (Å²) in [5.41, 5.74) is 10.0. The van der Waals surface area contributed by atoms with Gasteiger partial charge in [0.25, 0.3) is 5.69 Å². The zero-order valence-electron chi connectivity index (χ0n) is 14.7. The number of nitrogen functional groups attached to an aromatic ring is 1. The first kappa shape index (κ1) is 16.7.